The number of aliphatic hydroxyl groups excluding tert-OH is 1. The van der Waals surface area contributed by atoms with Crippen molar-refractivity contribution in [3.63, 3.8) is 0 Å². The van der Waals surface area contributed by atoms with Crippen molar-refractivity contribution in [2.45, 2.75) is 31.7 Å². The molecule has 1 atom stereocenters. The van der Waals surface area contributed by atoms with Crippen LogP contribution in [0.2, 0.25) is 0 Å². The lowest BCUT2D eigenvalue weighted by Crippen LogP contribution is -2.43. The van der Waals surface area contributed by atoms with Gasteiger partial charge in [-0.3, -0.25) is 0 Å². The summed E-state index contributed by atoms with van der Waals surface area (Å²) in [5.41, 5.74) is 8.66. The van der Waals surface area contributed by atoms with Crippen LogP contribution >= 0.6 is 0 Å². The molecule has 3 N–H and O–H groups in total. The van der Waals surface area contributed by atoms with E-state index < -0.39 is 0 Å². The molecule has 3 nitrogen and oxygen atoms in total. The van der Waals surface area contributed by atoms with Crippen LogP contribution in [-0.2, 0) is 6.42 Å². The molecule has 92 valence electrons. The third kappa shape index (κ3) is 1.65. The summed E-state index contributed by atoms with van der Waals surface area (Å²) in [6, 6.07) is 6.17. The number of benzene rings is 1. The molecule has 0 aromatic heterocycles. The molecule has 0 spiro atoms. The van der Waals surface area contributed by atoms with Crippen LogP contribution in [0.3, 0.4) is 0 Å². The van der Waals surface area contributed by atoms with Crippen molar-refractivity contribution < 1.29 is 9.84 Å². The van der Waals surface area contributed by atoms with Crippen LogP contribution in [0.25, 0.3) is 0 Å². The Morgan fingerprint density at radius 3 is 2.88 bits per heavy atom. The van der Waals surface area contributed by atoms with E-state index in [1.807, 2.05) is 12.1 Å². The molecule has 0 radical (unpaired) electrons. The zero-order valence-corrected chi connectivity index (χ0v) is 9.98. The van der Waals surface area contributed by atoms with Crippen LogP contribution in [0.15, 0.2) is 18.2 Å². The van der Waals surface area contributed by atoms with Crippen LogP contribution in [0.1, 0.15) is 36.4 Å². The van der Waals surface area contributed by atoms with E-state index in [0.29, 0.717) is 0 Å². The zero-order valence-electron chi connectivity index (χ0n) is 9.98. The normalized spacial score (nSPS) is 22.5. The van der Waals surface area contributed by atoms with Gasteiger partial charge in [-0.05, 0) is 30.0 Å². The third-order valence-electron chi connectivity index (χ3n) is 4.40. The molecule has 1 fully saturated rings. The third-order valence-corrected chi connectivity index (χ3v) is 4.40. The summed E-state index contributed by atoms with van der Waals surface area (Å²) >= 11 is 0. The molecule has 1 aliphatic carbocycles. The van der Waals surface area contributed by atoms with E-state index in [1.165, 1.54) is 12.0 Å². The predicted octanol–water partition coefficient (Wildman–Crippen LogP) is 1.78. The minimum Gasteiger partial charge on any atom is -0.493 e. The van der Waals surface area contributed by atoms with Crippen LogP contribution in [-0.4, -0.2) is 18.3 Å². The average Bonchev–Trinajstić information content (AvgIpc) is 2.74. The van der Waals surface area contributed by atoms with Crippen molar-refractivity contribution in [3.8, 4) is 5.75 Å². The predicted molar refractivity (Wildman–Crippen MR) is 65.9 cm³/mol. The number of fused-ring (bicyclic) bond motifs is 1. The number of rotatable bonds is 3. The van der Waals surface area contributed by atoms with Gasteiger partial charge in [-0.2, -0.15) is 0 Å². The molecule has 1 unspecified atom stereocenters. The van der Waals surface area contributed by atoms with Gasteiger partial charge in [-0.1, -0.05) is 18.6 Å². The van der Waals surface area contributed by atoms with Crippen molar-refractivity contribution >= 4 is 0 Å². The molecule has 3 rings (SSSR count). The molecule has 2 aliphatic rings. The highest BCUT2D eigenvalue weighted by Gasteiger charge is 2.42. The lowest BCUT2D eigenvalue weighted by atomic mass is 9.63. The summed E-state index contributed by atoms with van der Waals surface area (Å²) < 4.78 is 5.50. The Balaban J connectivity index is 1.88. The second-order valence-corrected chi connectivity index (χ2v) is 5.32. The van der Waals surface area contributed by atoms with Crippen molar-refractivity contribution in [2.75, 3.05) is 13.2 Å². The number of aliphatic hydroxyl groups is 1. The lowest BCUT2D eigenvalue weighted by molar-refractivity contribution is 0.0184. The fourth-order valence-corrected chi connectivity index (χ4v) is 2.95. The molecule has 17 heavy (non-hydrogen) atoms. The number of hydrogen-bond acceptors (Lipinski definition) is 3. The van der Waals surface area contributed by atoms with Crippen LogP contribution in [0.5, 0.6) is 5.75 Å². The van der Waals surface area contributed by atoms with Crippen LogP contribution in [0.4, 0.5) is 0 Å². The monoisotopic (exact) mass is 233 g/mol. The van der Waals surface area contributed by atoms with Crippen molar-refractivity contribution in [3.05, 3.63) is 29.3 Å². The summed E-state index contributed by atoms with van der Waals surface area (Å²) in [4.78, 5) is 0. The Morgan fingerprint density at radius 2 is 2.24 bits per heavy atom. The highest BCUT2D eigenvalue weighted by atomic mass is 16.5. The topological polar surface area (TPSA) is 55.5 Å². The van der Waals surface area contributed by atoms with Crippen LogP contribution < -0.4 is 10.5 Å². The highest BCUT2D eigenvalue weighted by molar-refractivity contribution is 5.41. The molecular weight excluding hydrogens is 214 g/mol. The second kappa shape index (κ2) is 4.00. The minimum atomic E-state index is -0.0757. The fourth-order valence-electron chi connectivity index (χ4n) is 2.95. The molecule has 3 heteroatoms. The maximum absolute atomic E-state index is 9.56. The molecule has 1 aromatic rings. The first kappa shape index (κ1) is 11.1. The summed E-state index contributed by atoms with van der Waals surface area (Å²) in [5, 5.41) is 9.56. The van der Waals surface area contributed by atoms with E-state index in [4.69, 9.17) is 10.5 Å². The lowest BCUT2D eigenvalue weighted by Gasteiger charge is -2.45. The van der Waals surface area contributed by atoms with Crippen molar-refractivity contribution in [1.29, 1.82) is 0 Å². The number of hydrogen-bond donors (Lipinski definition) is 2. The van der Waals surface area contributed by atoms with E-state index >= 15 is 0 Å². The van der Waals surface area contributed by atoms with Gasteiger partial charge < -0.3 is 15.6 Å². The molecule has 0 saturated heterocycles. The molecule has 1 heterocycles. The Bertz CT molecular complexity index is 421. The van der Waals surface area contributed by atoms with E-state index in [9.17, 15) is 5.11 Å². The van der Waals surface area contributed by atoms with E-state index in [-0.39, 0.29) is 18.1 Å². The van der Waals surface area contributed by atoms with Gasteiger partial charge in [0.1, 0.15) is 5.75 Å². The van der Waals surface area contributed by atoms with Gasteiger partial charge in [-0.15, -0.1) is 0 Å². The number of ether oxygens (including phenoxy) is 1. The zero-order chi connectivity index (χ0) is 11.9. The largest absolute Gasteiger partial charge is 0.493 e. The smallest absolute Gasteiger partial charge is 0.122 e. The molecule has 0 amide bonds. The van der Waals surface area contributed by atoms with Gasteiger partial charge in [-0.25, -0.2) is 0 Å². The SMILES string of the molecule is NC(c1ccc2c(c1)CCO2)C1(CO)CCC1. The first-order valence-corrected chi connectivity index (χ1v) is 6.37. The Morgan fingerprint density at radius 1 is 1.41 bits per heavy atom. The van der Waals surface area contributed by atoms with Gasteiger partial charge in [0.15, 0.2) is 0 Å². The van der Waals surface area contributed by atoms with Gasteiger partial charge in [0.25, 0.3) is 0 Å². The van der Waals surface area contributed by atoms with Crippen LogP contribution in [0, 0.1) is 5.41 Å². The summed E-state index contributed by atoms with van der Waals surface area (Å²) in [6.07, 6.45) is 4.24. The van der Waals surface area contributed by atoms with Crippen molar-refractivity contribution in [2.24, 2.45) is 11.1 Å². The highest BCUT2D eigenvalue weighted by Crippen LogP contribution is 2.49. The van der Waals surface area contributed by atoms with E-state index in [1.54, 1.807) is 0 Å². The summed E-state index contributed by atoms with van der Waals surface area (Å²) in [7, 11) is 0. The first-order chi connectivity index (χ1) is 8.25. The van der Waals surface area contributed by atoms with Gasteiger partial charge in [0.2, 0.25) is 0 Å². The minimum absolute atomic E-state index is 0.0489. The molecule has 1 saturated carbocycles. The van der Waals surface area contributed by atoms with Gasteiger partial charge >= 0.3 is 0 Å². The number of nitrogens with two attached hydrogens (primary N) is 1. The Hall–Kier alpha value is -1.06. The van der Waals surface area contributed by atoms with E-state index in [0.717, 1.165) is 37.2 Å². The fraction of sp³-hybridized carbons (Fsp3) is 0.571. The molecule has 1 aliphatic heterocycles. The Labute approximate surface area is 102 Å². The standard InChI is InChI=1S/C14H19NO2/c15-13(14(9-16)5-1-6-14)11-2-3-12-10(8-11)4-7-17-12/h2-3,8,13,16H,1,4-7,9,15H2. The molecule has 1 aromatic carbocycles. The summed E-state index contributed by atoms with van der Waals surface area (Å²) in [6.45, 7) is 0.973. The maximum Gasteiger partial charge on any atom is 0.122 e. The summed E-state index contributed by atoms with van der Waals surface area (Å²) in [5.74, 6) is 0.993. The molecule has 0 bridgehead atoms. The van der Waals surface area contributed by atoms with Gasteiger partial charge in [0, 0.05) is 17.9 Å². The second-order valence-electron chi connectivity index (χ2n) is 5.32. The van der Waals surface area contributed by atoms with Crippen molar-refractivity contribution in [1.82, 2.24) is 0 Å². The maximum atomic E-state index is 9.56. The molecular formula is C14H19NO2. The van der Waals surface area contributed by atoms with Gasteiger partial charge in [0.05, 0.1) is 13.2 Å². The average molecular weight is 233 g/mol. The first-order valence-electron chi connectivity index (χ1n) is 6.37. The Kier molecular flexibility index (Phi) is 2.60. The van der Waals surface area contributed by atoms with E-state index in [2.05, 4.69) is 6.07 Å². The quantitative estimate of drug-likeness (QED) is 0.836.